The normalized spacial score (nSPS) is 17.9. The smallest absolute Gasteiger partial charge is 0.207 e. The van der Waals surface area contributed by atoms with E-state index in [2.05, 4.69) is 34.7 Å². The third-order valence-corrected chi connectivity index (χ3v) is 4.03. The van der Waals surface area contributed by atoms with Gasteiger partial charge in [-0.1, -0.05) is 65.8 Å². The molecule has 0 saturated heterocycles. The molecule has 4 heteroatoms. The van der Waals surface area contributed by atoms with Gasteiger partial charge in [0.05, 0.1) is 11.8 Å². The first-order chi connectivity index (χ1) is 11.3. The summed E-state index contributed by atoms with van der Waals surface area (Å²) in [5.41, 5.74) is 3.41. The molecule has 118 valence electrons. The minimum Gasteiger partial charge on any atom is -0.390 e. The molecule has 1 heterocycles. The number of hydrogen-bond acceptors (Lipinski definition) is 3. The van der Waals surface area contributed by atoms with E-state index in [1.54, 1.807) is 0 Å². The van der Waals surface area contributed by atoms with Gasteiger partial charge in [0.2, 0.25) is 6.41 Å². The third kappa shape index (κ3) is 4.19. The Labute approximate surface area is 136 Å². The van der Waals surface area contributed by atoms with E-state index in [0.29, 0.717) is 0 Å². The highest BCUT2D eigenvalue weighted by molar-refractivity contribution is 5.87. The average molecular weight is 308 g/mol. The summed E-state index contributed by atoms with van der Waals surface area (Å²) in [7, 11) is 0. The maximum Gasteiger partial charge on any atom is 0.207 e. The first-order valence-corrected chi connectivity index (χ1v) is 7.84. The van der Waals surface area contributed by atoms with Crippen LogP contribution in [0.1, 0.15) is 17.5 Å². The Morgan fingerprint density at radius 2 is 1.74 bits per heavy atom. The Balaban J connectivity index is 1.60. The van der Waals surface area contributed by atoms with Crippen LogP contribution in [0.2, 0.25) is 0 Å². The molecule has 0 saturated carbocycles. The van der Waals surface area contributed by atoms with Crippen LogP contribution < -0.4 is 5.32 Å². The topological polar surface area (TPSA) is 50.7 Å². The molecule has 2 aromatic carbocycles. The zero-order valence-corrected chi connectivity index (χ0v) is 12.9. The van der Waals surface area contributed by atoms with E-state index in [-0.39, 0.29) is 12.1 Å². The quantitative estimate of drug-likeness (QED) is 0.800. The lowest BCUT2D eigenvalue weighted by Gasteiger charge is -2.21. The van der Waals surface area contributed by atoms with Crippen molar-refractivity contribution in [3.63, 3.8) is 0 Å². The summed E-state index contributed by atoms with van der Waals surface area (Å²) >= 11 is 0. The molecular weight excluding hydrogens is 288 g/mol. The number of nitrogens with one attached hydrogen (secondary N) is 1. The van der Waals surface area contributed by atoms with Gasteiger partial charge in [-0.3, -0.25) is 4.79 Å². The van der Waals surface area contributed by atoms with E-state index in [9.17, 15) is 4.79 Å². The maximum atomic E-state index is 10.9. The van der Waals surface area contributed by atoms with Gasteiger partial charge in [0.1, 0.15) is 0 Å². The summed E-state index contributed by atoms with van der Waals surface area (Å²) in [6.45, 7) is 0. The van der Waals surface area contributed by atoms with E-state index in [4.69, 9.17) is 4.84 Å². The maximum absolute atomic E-state index is 10.9. The molecule has 0 unspecified atom stereocenters. The molecule has 0 aromatic heterocycles. The van der Waals surface area contributed by atoms with Crippen LogP contribution in [0, 0.1) is 0 Å². The zero-order valence-electron chi connectivity index (χ0n) is 12.9. The van der Waals surface area contributed by atoms with Crippen molar-refractivity contribution in [1.29, 1.82) is 0 Å². The van der Waals surface area contributed by atoms with Gasteiger partial charge in [-0.15, -0.1) is 0 Å². The Kier molecular flexibility index (Phi) is 5.04. The molecule has 0 spiro atoms. The number of amides is 1. The van der Waals surface area contributed by atoms with Crippen molar-refractivity contribution >= 4 is 12.1 Å². The average Bonchev–Trinajstić information content (AvgIpc) is 3.05. The minimum atomic E-state index is -0.112. The number of benzene rings is 2. The Bertz CT molecular complexity index is 656. The molecular formula is C19H20N2O2. The van der Waals surface area contributed by atoms with E-state index in [0.717, 1.165) is 31.4 Å². The molecule has 1 amide bonds. The predicted molar refractivity (Wildman–Crippen MR) is 90.2 cm³/mol. The molecule has 0 fully saturated rings. The molecule has 1 aliphatic heterocycles. The summed E-state index contributed by atoms with van der Waals surface area (Å²) in [5.74, 6) is 0. The number of nitrogens with zero attached hydrogens (tertiary/aromatic N) is 1. The van der Waals surface area contributed by atoms with Gasteiger partial charge in [-0.2, -0.15) is 0 Å². The first kappa shape index (κ1) is 15.3. The molecule has 0 bridgehead atoms. The Morgan fingerprint density at radius 1 is 1.09 bits per heavy atom. The summed E-state index contributed by atoms with van der Waals surface area (Å²) in [6.07, 6.45) is 2.90. The molecule has 0 aliphatic carbocycles. The van der Waals surface area contributed by atoms with Crippen LogP contribution >= 0.6 is 0 Å². The minimum absolute atomic E-state index is 0.0769. The highest BCUT2D eigenvalue weighted by Crippen LogP contribution is 2.19. The fourth-order valence-electron chi connectivity index (χ4n) is 2.85. The lowest BCUT2D eigenvalue weighted by Crippen LogP contribution is -2.41. The zero-order chi connectivity index (χ0) is 15.9. The Morgan fingerprint density at radius 3 is 2.39 bits per heavy atom. The fraction of sp³-hybridized carbons (Fsp3) is 0.263. The summed E-state index contributed by atoms with van der Waals surface area (Å²) in [4.78, 5) is 16.5. The van der Waals surface area contributed by atoms with Crippen LogP contribution in [0.25, 0.3) is 0 Å². The molecule has 2 aromatic rings. The summed E-state index contributed by atoms with van der Waals surface area (Å²) in [6, 6.07) is 20.2. The number of hydrogen-bond donors (Lipinski definition) is 1. The van der Waals surface area contributed by atoms with Crippen LogP contribution in [0.5, 0.6) is 0 Å². The van der Waals surface area contributed by atoms with Crippen LogP contribution in [-0.2, 0) is 22.5 Å². The highest BCUT2D eigenvalue weighted by Gasteiger charge is 2.29. The van der Waals surface area contributed by atoms with Crippen molar-refractivity contribution in [2.24, 2.45) is 5.16 Å². The second-order valence-corrected chi connectivity index (χ2v) is 5.75. The van der Waals surface area contributed by atoms with Crippen molar-refractivity contribution in [1.82, 2.24) is 5.32 Å². The van der Waals surface area contributed by atoms with Gasteiger partial charge in [0.15, 0.2) is 6.10 Å². The molecule has 3 rings (SSSR count). The van der Waals surface area contributed by atoms with Crippen molar-refractivity contribution in [3.05, 3.63) is 71.8 Å². The molecule has 0 radical (unpaired) electrons. The number of carbonyl (C=O) groups is 1. The number of carbonyl (C=O) groups excluding carboxylic acids is 1. The van der Waals surface area contributed by atoms with Gasteiger partial charge >= 0.3 is 0 Å². The van der Waals surface area contributed by atoms with Crippen LogP contribution in [-0.4, -0.2) is 24.3 Å². The van der Waals surface area contributed by atoms with E-state index in [1.165, 1.54) is 11.1 Å². The monoisotopic (exact) mass is 308 g/mol. The fourth-order valence-corrected chi connectivity index (χ4v) is 2.85. The highest BCUT2D eigenvalue weighted by atomic mass is 16.6. The van der Waals surface area contributed by atoms with Gasteiger partial charge in [-0.05, 0) is 17.5 Å². The molecule has 1 aliphatic rings. The lowest BCUT2D eigenvalue weighted by atomic mass is 9.96. The van der Waals surface area contributed by atoms with Crippen molar-refractivity contribution in [2.45, 2.75) is 31.4 Å². The SMILES string of the molecule is O=CN[C@@H](Cc1ccccc1)[C@@H]1CC(Cc2ccccc2)=NO1. The standard InChI is InChI=1S/C19H20N2O2/c22-14-20-18(12-16-9-5-2-6-10-16)19-13-17(21-23-19)11-15-7-3-1-4-8-15/h1-10,14,18-19H,11-13H2,(H,20,22)/t18-,19-/m0/s1. The molecule has 23 heavy (non-hydrogen) atoms. The molecule has 2 atom stereocenters. The van der Waals surface area contributed by atoms with Crippen molar-refractivity contribution in [2.75, 3.05) is 0 Å². The molecule has 1 N–H and O–H groups in total. The molecule has 4 nitrogen and oxygen atoms in total. The van der Waals surface area contributed by atoms with Crippen molar-refractivity contribution < 1.29 is 9.63 Å². The second kappa shape index (κ2) is 7.58. The number of rotatable bonds is 7. The largest absolute Gasteiger partial charge is 0.390 e. The summed E-state index contributed by atoms with van der Waals surface area (Å²) in [5, 5.41) is 7.10. The van der Waals surface area contributed by atoms with Gasteiger partial charge in [0.25, 0.3) is 0 Å². The van der Waals surface area contributed by atoms with E-state index in [1.807, 2.05) is 36.4 Å². The Hall–Kier alpha value is -2.62. The predicted octanol–water partition coefficient (Wildman–Crippen LogP) is 2.73. The van der Waals surface area contributed by atoms with E-state index < -0.39 is 0 Å². The van der Waals surface area contributed by atoms with Gasteiger partial charge < -0.3 is 10.2 Å². The van der Waals surface area contributed by atoms with E-state index >= 15 is 0 Å². The van der Waals surface area contributed by atoms with Gasteiger partial charge in [-0.25, -0.2) is 0 Å². The lowest BCUT2D eigenvalue weighted by molar-refractivity contribution is -0.111. The van der Waals surface area contributed by atoms with Crippen molar-refractivity contribution in [3.8, 4) is 0 Å². The first-order valence-electron chi connectivity index (χ1n) is 7.84. The summed E-state index contributed by atoms with van der Waals surface area (Å²) < 4.78 is 0. The third-order valence-electron chi connectivity index (χ3n) is 4.03. The van der Waals surface area contributed by atoms with Crippen LogP contribution in [0.3, 0.4) is 0 Å². The number of oxime groups is 1. The van der Waals surface area contributed by atoms with Gasteiger partial charge in [0, 0.05) is 12.8 Å². The van der Waals surface area contributed by atoms with Crippen LogP contribution in [0.4, 0.5) is 0 Å². The van der Waals surface area contributed by atoms with Crippen LogP contribution in [0.15, 0.2) is 65.8 Å². The second-order valence-electron chi connectivity index (χ2n) is 5.75.